The van der Waals surface area contributed by atoms with Crippen molar-refractivity contribution in [3.63, 3.8) is 0 Å². The van der Waals surface area contributed by atoms with Crippen LogP contribution in [0, 0.1) is 0 Å². The molecule has 1 aliphatic heterocycles. The lowest BCUT2D eigenvalue weighted by Crippen LogP contribution is -2.48. The number of hydrogen-bond acceptors (Lipinski definition) is 4. The third-order valence-electron chi connectivity index (χ3n) is 3.24. The average molecular weight is 278 g/mol. The topological polar surface area (TPSA) is 64.8 Å². The molecule has 1 fully saturated rings. The molecule has 2 rings (SSSR count). The summed E-state index contributed by atoms with van der Waals surface area (Å²) in [5, 5.41) is 0. The molecule has 20 heavy (non-hydrogen) atoms. The summed E-state index contributed by atoms with van der Waals surface area (Å²) in [6.07, 6.45) is 0.0820. The molecular weight excluding hydrogens is 256 g/mol. The minimum Gasteiger partial charge on any atom is -0.493 e. The number of morpholine rings is 1. The smallest absolute Gasteiger partial charge is 0.257 e. The van der Waals surface area contributed by atoms with Crippen LogP contribution >= 0.6 is 0 Å². The van der Waals surface area contributed by atoms with Gasteiger partial charge < -0.3 is 20.1 Å². The molecule has 0 spiro atoms. The van der Waals surface area contributed by atoms with Gasteiger partial charge in [-0.2, -0.15) is 0 Å². The summed E-state index contributed by atoms with van der Waals surface area (Å²) in [5.41, 5.74) is 6.88. The lowest BCUT2D eigenvalue weighted by atomic mass is 10.1. The predicted molar refractivity (Wildman–Crippen MR) is 77.9 cm³/mol. The van der Waals surface area contributed by atoms with Crippen molar-refractivity contribution in [1.29, 1.82) is 0 Å². The highest BCUT2D eigenvalue weighted by Crippen LogP contribution is 2.24. The zero-order valence-electron chi connectivity index (χ0n) is 12.3. The minimum absolute atomic E-state index is 0.0410. The molecule has 0 aliphatic carbocycles. The van der Waals surface area contributed by atoms with E-state index in [1.54, 1.807) is 23.1 Å². The molecule has 110 valence electrons. The number of nitrogens with zero attached hydrogens (tertiary/aromatic N) is 1. The van der Waals surface area contributed by atoms with E-state index in [-0.39, 0.29) is 18.1 Å². The zero-order chi connectivity index (χ0) is 14.7. The Labute approximate surface area is 119 Å². The first kappa shape index (κ1) is 14.7. The Balaban J connectivity index is 2.25. The van der Waals surface area contributed by atoms with Gasteiger partial charge in [0, 0.05) is 18.8 Å². The standard InChI is InChI=1S/C15H22N2O3/c1-4-19-14-6-5-12(16)7-13(14)15(18)17-8-10(2)20-11(3)9-17/h5-7,10-11H,4,8-9,16H2,1-3H3/t10-,11+. The molecule has 1 heterocycles. The van der Waals surface area contributed by atoms with Crippen molar-refractivity contribution in [2.75, 3.05) is 25.4 Å². The summed E-state index contributed by atoms with van der Waals surface area (Å²) in [4.78, 5) is 14.5. The molecule has 1 saturated heterocycles. The van der Waals surface area contributed by atoms with Crippen LogP contribution < -0.4 is 10.5 Å². The number of anilines is 1. The Kier molecular flexibility index (Phi) is 4.49. The van der Waals surface area contributed by atoms with Crippen LogP contribution in [0.5, 0.6) is 5.75 Å². The Morgan fingerprint density at radius 3 is 2.65 bits per heavy atom. The summed E-state index contributed by atoms with van der Waals surface area (Å²) in [7, 11) is 0. The van der Waals surface area contributed by atoms with E-state index < -0.39 is 0 Å². The number of hydrogen-bond donors (Lipinski definition) is 1. The van der Waals surface area contributed by atoms with Crippen LogP contribution in [0.1, 0.15) is 31.1 Å². The van der Waals surface area contributed by atoms with Gasteiger partial charge in [-0.25, -0.2) is 0 Å². The van der Waals surface area contributed by atoms with Gasteiger partial charge in [0.1, 0.15) is 5.75 Å². The molecule has 2 N–H and O–H groups in total. The number of nitrogen functional groups attached to an aromatic ring is 1. The second-order valence-electron chi connectivity index (χ2n) is 5.16. The van der Waals surface area contributed by atoms with Gasteiger partial charge in [-0.3, -0.25) is 4.79 Å². The van der Waals surface area contributed by atoms with E-state index in [9.17, 15) is 4.79 Å². The maximum atomic E-state index is 12.7. The molecular formula is C15H22N2O3. The number of benzene rings is 1. The minimum atomic E-state index is -0.0530. The lowest BCUT2D eigenvalue weighted by Gasteiger charge is -2.35. The van der Waals surface area contributed by atoms with Gasteiger partial charge in [0.2, 0.25) is 0 Å². The summed E-state index contributed by atoms with van der Waals surface area (Å²) >= 11 is 0. The Bertz CT molecular complexity index is 480. The van der Waals surface area contributed by atoms with Gasteiger partial charge in [-0.1, -0.05) is 0 Å². The molecule has 0 saturated carbocycles. The van der Waals surface area contributed by atoms with Crippen molar-refractivity contribution in [3.8, 4) is 5.75 Å². The molecule has 2 atom stereocenters. The number of ether oxygens (including phenoxy) is 2. The van der Waals surface area contributed by atoms with Crippen molar-refractivity contribution in [3.05, 3.63) is 23.8 Å². The van der Waals surface area contributed by atoms with Gasteiger partial charge in [0.05, 0.1) is 24.4 Å². The SMILES string of the molecule is CCOc1ccc(N)cc1C(=O)N1C[C@@H](C)O[C@@H](C)C1. The molecule has 1 aromatic rings. The molecule has 1 amide bonds. The van der Waals surface area contributed by atoms with Crippen LogP contribution in [0.3, 0.4) is 0 Å². The number of carbonyl (C=O) groups excluding carboxylic acids is 1. The van der Waals surface area contributed by atoms with Crippen molar-refractivity contribution in [1.82, 2.24) is 4.90 Å². The highest BCUT2D eigenvalue weighted by atomic mass is 16.5. The fraction of sp³-hybridized carbons (Fsp3) is 0.533. The summed E-state index contributed by atoms with van der Waals surface area (Å²) in [6.45, 7) is 7.52. The molecule has 0 radical (unpaired) electrons. The first-order valence-electron chi connectivity index (χ1n) is 6.98. The second kappa shape index (κ2) is 6.13. The maximum Gasteiger partial charge on any atom is 0.257 e. The van der Waals surface area contributed by atoms with E-state index in [4.69, 9.17) is 15.2 Å². The summed E-state index contributed by atoms with van der Waals surface area (Å²) < 4.78 is 11.2. The summed E-state index contributed by atoms with van der Waals surface area (Å²) in [5.74, 6) is 0.529. The number of nitrogens with two attached hydrogens (primary N) is 1. The third kappa shape index (κ3) is 3.22. The highest BCUT2D eigenvalue weighted by Gasteiger charge is 2.28. The van der Waals surface area contributed by atoms with E-state index in [1.807, 2.05) is 20.8 Å². The molecule has 1 aromatic carbocycles. The fourth-order valence-electron chi connectivity index (χ4n) is 2.51. The molecule has 1 aliphatic rings. The van der Waals surface area contributed by atoms with Gasteiger partial charge in [0.25, 0.3) is 5.91 Å². The van der Waals surface area contributed by atoms with Gasteiger partial charge >= 0.3 is 0 Å². The Hall–Kier alpha value is -1.75. The number of rotatable bonds is 3. The van der Waals surface area contributed by atoms with Crippen molar-refractivity contribution < 1.29 is 14.3 Å². The van der Waals surface area contributed by atoms with Crippen molar-refractivity contribution in [2.45, 2.75) is 33.0 Å². The van der Waals surface area contributed by atoms with Crippen LogP contribution in [0.2, 0.25) is 0 Å². The van der Waals surface area contributed by atoms with Crippen LogP contribution in [0.15, 0.2) is 18.2 Å². The van der Waals surface area contributed by atoms with Gasteiger partial charge in [0.15, 0.2) is 0 Å². The van der Waals surface area contributed by atoms with Gasteiger partial charge in [-0.15, -0.1) is 0 Å². The fourth-order valence-corrected chi connectivity index (χ4v) is 2.51. The van der Waals surface area contributed by atoms with Crippen LogP contribution in [-0.2, 0) is 4.74 Å². The average Bonchev–Trinajstić information content (AvgIpc) is 2.39. The first-order chi connectivity index (χ1) is 9.51. The van der Waals surface area contributed by atoms with Crippen LogP contribution in [-0.4, -0.2) is 42.7 Å². The van der Waals surface area contributed by atoms with E-state index in [0.29, 0.717) is 36.7 Å². The first-order valence-corrected chi connectivity index (χ1v) is 6.98. The quantitative estimate of drug-likeness (QED) is 0.858. The van der Waals surface area contributed by atoms with Crippen LogP contribution in [0.25, 0.3) is 0 Å². The largest absolute Gasteiger partial charge is 0.493 e. The van der Waals surface area contributed by atoms with Crippen molar-refractivity contribution in [2.24, 2.45) is 0 Å². The second-order valence-corrected chi connectivity index (χ2v) is 5.16. The third-order valence-corrected chi connectivity index (χ3v) is 3.24. The van der Waals surface area contributed by atoms with Gasteiger partial charge in [-0.05, 0) is 39.0 Å². The van der Waals surface area contributed by atoms with E-state index >= 15 is 0 Å². The monoisotopic (exact) mass is 278 g/mol. The van der Waals surface area contributed by atoms with Crippen LogP contribution in [0.4, 0.5) is 5.69 Å². The lowest BCUT2D eigenvalue weighted by molar-refractivity contribution is -0.0586. The molecule has 5 heteroatoms. The normalized spacial score (nSPS) is 22.6. The number of amides is 1. The van der Waals surface area contributed by atoms with E-state index in [2.05, 4.69) is 0 Å². The highest BCUT2D eigenvalue weighted by molar-refractivity contribution is 5.98. The maximum absolute atomic E-state index is 12.7. The Morgan fingerprint density at radius 2 is 2.05 bits per heavy atom. The Morgan fingerprint density at radius 1 is 1.40 bits per heavy atom. The van der Waals surface area contributed by atoms with E-state index in [0.717, 1.165) is 0 Å². The van der Waals surface area contributed by atoms with Crippen molar-refractivity contribution >= 4 is 11.6 Å². The molecule has 0 bridgehead atoms. The number of carbonyl (C=O) groups is 1. The zero-order valence-corrected chi connectivity index (χ0v) is 12.3. The van der Waals surface area contributed by atoms with E-state index in [1.165, 1.54) is 0 Å². The summed E-state index contributed by atoms with van der Waals surface area (Å²) in [6, 6.07) is 5.17. The predicted octanol–water partition coefficient (Wildman–Crippen LogP) is 1.92. The molecule has 0 aromatic heterocycles. The molecule has 5 nitrogen and oxygen atoms in total. The molecule has 0 unspecified atom stereocenters.